The fourth-order valence-electron chi connectivity index (χ4n) is 2.82. The van der Waals surface area contributed by atoms with Crippen molar-refractivity contribution in [1.82, 2.24) is 14.5 Å². The Kier molecular flexibility index (Phi) is 6.58. The fraction of sp³-hybridized carbons (Fsp3) is 0.0952. The van der Waals surface area contributed by atoms with Gasteiger partial charge in [-0.1, -0.05) is 57.5 Å². The molecule has 0 radical (unpaired) electrons. The van der Waals surface area contributed by atoms with Crippen LogP contribution in [0.2, 0.25) is 5.02 Å². The van der Waals surface area contributed by atoms with Crippen LogP contribution in [-0.2, 0) is 4.79 Å². The van der Waals surface area contributed by atoms with Gasteiger partial charge < -0.3 is 5.32 Å². The standard InChI is InChI=1S/C21H16BrClN4OS2/c1-13-11-29-20(25-13)26-19(28)12-30-21-24-10-18(14-5-7-15(22)8-6-14)27(21)17-4-2-3-16(23)9-17/h2-11H,12H2,1H3,(H,25,26,28). The molecule has 30 heavy (non-hydrogen) atoms. The number of thioether (sulfide) groups is 1. The van der Waals surface area contributed by atoms with E-state index in [0.717, 1.165) is 27.1 Å². The zero-order valence-corrected chi connectivity index (χ0v) is 19.8. The third-order valence-corrected chi connectivity index (χ3v) is 6.73. The average molecular weight is 520 g/mol. The van der Waals surface area contributed by atoms with E-state index < -0.39 is 0 Å². The van der Waals surface area contributed by atoms with E-state index in [0.29, 0.717) is 15.3 Å². The fourth-order valence-corrected chi connectivity index (χ4v) is 4.77. The molecule has 0 unspecified atom stereocenters. The van der Waals surface area contributed by atoms with Crippen molar-refractivity contribution in [3.63, 3.8) is 0 Å². The molecule has 4 rings (SSSR count). The highest BCUT2D eigenvalue weighted by Gasteiger charge is 2.16. The maximum atomic E-state index is 12.4. The normalized spacial score (nSPS) is 10.9. The predicted octanol–water partition coefficient (Wildman–Crippen LogP) is 6.45. The van der Waals surface area contributed by atoms with Gasteiger partial charge in [0.05, 0.1) is 23.3 Å². The van der Waals surface area contributed by atoms with E-state index in [9.17, 15) is 4.79 Å². The minimum absolute atomic E-state index is 0.125. The highest BCUT2D eigenvalue weighted by atomic mass is 79.9. The van der Waals surface area contributed by atoms with Gasteiger partial charge >= 0.3 is 0 Å². The predicted molar refractivity (Wildman–Crippen MR) is 128 cm³/mol. The van der Waals surface area contributed by atoms with Crippen molar-refractivity contribution in [3.8, 4) is 16.9 Å². The van der Waals surface area contributed by atoms with Crippen LogP contribution in [0.5, 0.6) is 0 Å². The molecule has 9 heteroatoms. The van der Waals surface area contributed by atoms with E-state index in [4.69, 9.17) is 11.6 Å². The summed E-state index contributed by atoms with van der Waals surface area (Å²) in [4.78, 5) is 21.2. The molecule has 2 aromatic carbocycles. The number of amides is 1. The van der Waals surface area contributed by atoms with Crippen LogP contribution in [0.1, 0.15) is 5.69 Å². The minimum atomic E-state index is -0.125. The van der Waals surface area contributed by atoms with Crippen LogP contribution in [0.3, 0.4) is 0 Å². The van der Waals surface area contributed by atoms with Gasteiger partial charge in [-0.05, 0) is 37.3 Å². The number of aromatic nitrogens is 3. The van der Waals surface area contributed by atoms with Gasteiger partial charge in [-0.25, -0.2) is 9.97 Å². The summed E-state index contributed by atoms with van der Waals surface area (Å²) in [5.41, 5.74) is 3.71. The molecule has 0 aliphatic carbocycles. The molecule has 2 aromatic heterocycles. The zero-order chi connectivity index (χ0) is 21.1. The number of benzene rings is 2. The number of halogens is 2. The van der Waals surface area contributed by atoms with Crippen molar-refractivity contribution < 1.29 is 4.79 Å². The van der Waals surface area contributed by atoms with Crippen molar-refractivity contribution in [3.05, 3.63) is 75.3 Å². The minimum Gasteiger partial charge on any atom is -0.301 e. The van der Waals surface area contributed by atoms with Crippen molar-refractivity contribution in [2.45, 2.75) is 12.1 Å². The van der Waals surface area contributed by atoms with Gasteiger partial charge in [0.25, 0.3) is 0 Å². The SMILES string of the molecule is Cc1csc(NC(=O)CSc2ncc(-c3ccc(Br)cc3)n2-c2cccc(Cl)c2)n1. The van der Waals surface area contributed by atoms with Gasteiger partial charge in [-0.15, -0.1) is 11.3 Å². The van der Waals surface area contributed by atoms with Gasteiger partial charge in [0, 0.05) is 26.1 Å². The molecule has 0 aliphatic heterocycles. The Labute approximate surface area is 195 Å². The molecule has 0 fully saturated rings. The Morgan fingerprint density at radius 1 is 1.27 bits per heavy atom. The Hall–Kier alpha value is -2.13. The third kappa shape index (κ3) is 4.95. The second-order valence-corrected chi connectivity index (χ2v) is 9.53. The van der Waals surface area contributed by atoms with E-state index in [1.54, 1.807) is 0 Å². The molecule has 5 nitrogen and oxygen atoms in total. The van der Waals surface area contributed by atoms with E-state index in [-0.39, 0.29) is 11.7 Å². The first-order chi connectivity index (χ1) is 14.5. The number of imidazole rings is 1. The van der Waals surface area contributed by atoms with Crippen molar-refractivity contribution in [2.75, 3.05) is 11.1 Å². The van der Waals surface area contributed by atoms with Crippen molar-refractivity contribution in [1.29, 1.82) is 0 Å². The molecule has 152 valence electrons. The van der Waals surface area contributed by atoms with Gasteiger partial charge in [0.2, 0.25) is 5.91 Å². The lowest BCUT2D eigenvalue weighted by molar-refractivity contribution is -0.113. The molecular weight excluding hydrogens is 504 g/mol. The molecule has 0 aliphatic rings. The van der Waals surface area contributed by atoms with E-state index in [1.165, 1.54) is 23.1 Å². The molecule has 1 N–H and O–H groups in total. The highest BCUT2D eigenvalue weighted by molar-refractivity contribution is 9.10. The Morgan fingerprint density at radius 2 is 2.07 bits per heavy atom. The summed E-state index contributed by atoms with van der Waals surface area (Å²) in [7, 11) is 0. The summed E-state index contributed by atoms with van der Waals surface area (Å²) in [5.74, 6) is 0.0934. The lowest BCUT2D eigenvalue weighted by atomic mass is 10.1. The average Bonchev–Trinajstić information content (AvgIpc) is 3.33. The number of nitrogens with zero attached hydrogens (tertiary/aromatic N) is 3. The number of aryl methyl sites for hydroxylation is 1. The van der Waals surface area contributed by atoms with E-state index >= 15 is 0 Å². The van der Waals surface area contributed by atoms with Crippen LogP contribution in [0, 0.1) is 6.92 Å². The quantitative estimate of drug-likeness (QED) is 0.297. The summed E-state index contributed by atoms with van der Waals surface area (Å²) in [5, 5.41) is 6.68. The summed E-state index contributed by atoms with van der Waals surface area (Å²) < 4.78 is 3.02. The number of hydrogen-bond acceptors (Lipinski definition) is 5. The van der Waals surface area contributed by atoms with Crippen molar-refractivity contribution >= 4 is 61.7 Å². The maximum Gasteiger partial charge on any atom is 0.236 e. The van der Waals surface area contributed by atoms with Crippen LogP contribution in [0.15, 0.2) is 69.7 Å². The molecule has 0 bridgehead atoms. The number of hydrogen-bond donors (Lipinski definition) is 1. The molecule has 0 spiro atoms. The van der Waals surface area contributed by atoms with Gasteiger partial charge in [-0.2, -0.15) is 0 Å². The Morgan fingerprint density at radius 3 is 2.77 bits per heavy atom. The van der Waals surface area contributed by atoms with Crippen molar-refractivity contribution in [2.24, 2.45) is 0 Å². The topological polar surface area (TPSA) is 59.8 Å². The summed E-state index contributed by atoms with van der Waals surface area (Å²) in [6, 6.07) is 15.6. The number of nitrogens with one attached hydrogen (secondary N) is 1. The molecule has 0 saturated carbocycles. The first-order valence-corrected chi connectivity index (χ1v) is 12.0. The van der Waals surface area contributed by atoms with Crippen LogP contribution >= 0.6 is 50.6 Å². The van der Waals surface area contributed by atoms with E-state index in [1.807, 2.05) is 71.6 Å². The lowest BCUT2D eigenvalue weighted by Gasteiger charge is -2.12. The number of carbonyl (C=O) groups excluding carboxylic acids is 1. The molecule has 0 atom stereocenters. The largest absolute Gasteiger partial charge is 0.301 e. The van der Waals surface area contributed by atoms with Crippen LogP contribution in [-0.4, -0.2) is 26.2 Å². The zero-order valence-electron chi connectivity index (χ0n) is 15.8. The second-order valence-electron chi connectivity index (χ2n) is 6.38. The molecule has 4 aromatic rings. The summed E-state index contributed by atoms with van der Waals surface area (Å²) in [6.45, 7) is 1.90. The maximum absolute atomic E-state index is 12.4. The smallest absolute Gasteiger partial charge is 0.236 e. The monoisotopic (exact) mass is 518 g/mol. The van der Waals surface area contributed by atoms with E-state index in [2.05, 4.69) is 31.2 Å². The second kappa shape index (κ2) is 9.34. The summed E-state index contributed by atoms with van der Waals surface area (Å²) >= 11 is 12.5. The molecule has 0 saturated heterocycles. The highest BCUT2D eigenvalue weighted by Crippen LogP contribution is 2.31. The summed E-state index contributed by atoms with van der Waals surface area (Å²) in [6.07, 6.45) is 1.81. The Bertz CT molecular complexity index is 1190. The first kappa shape index (κ1) is 21.1. The first-order valence-electron chi connectivity index (χ1n) is 8.94. The molecule has 2 heterocycles. The van der Waals surface area contributed by atoms with Crippen LogP contribution in [0.4, 0.5) is 5.13 Å². The number of anilines is 1. The molecular formula is C21H16BrClN4OS2. The van der Waals surface area contributed by atoms with Gasteiger partial charge in [0.15, 0.2) is 10.3 Å². The third-order valence-electron chi connectivity index (χ3n) is 4.13. The Balaban J connectivity index is 1.62. The lowest BCUT2D eigenvalue weighted by Crippen LogP contribution is -2.14. The number of thiazole rings is 1. The van der Waals surface area contributed by atoms with Crippen LogP contribution in [0.25, 0.3) is 16.9 Å². The van der Waals surface area contributed by atoms with Gasteiger partial charge in [-0.3, -0.25) is 9.36 Å². The number of carbonyl (C=O) groups is 1. The number of rotatable bonds is 6. The van der Waals surface area contributed by atoms with Crippen LogP contribution < -0.4 is 5.32 Å². The van der Waals surface area contributed by atoms with Gasteiger partial charge in [0.1, 0.15) is 0 Å². The molecule has 1 amide bonds.